The second-order valence-electron chi connectivity index (χ2n) is 4.65. The van der Waals surface area contributed by atoms with E-state index < -0.39 is 5.82 Å². The maximum absolute atomic E-state index is 13.6. The maximum atomic E-state index is 13.6. The smallest absolute Gasteiger partial charge is 0.152 e. The monoisotopic (exact) mass is 256 g/mol. The molecule has 2 rings (SSSR count). The number of carbonyl (C=O) groups is 1. The van der Waals surface area contributed by atoms with E-state index in [1.165, 1.54) is 30.5 Å². The topological polar surface area (TPSA) is 17.1 Å². The third kappa shape index (κ3) is 3.28. The minimum absolute atomic E-state index is 0.100. The number of unbranched alkanes of at least 4 members (excludes halogenated alkanes) is 1. The van der Waals surface area contributed by atoms with Gasteiger partial charge in [-0.2, -0.15) is 0 Å². The van der Waals surface area contributed by atoms with E-state index in [2.05, 4.69) is 19.1 Å². The normalized spacial score (nSPS) is 10.4. The lowest BCUT2D eigenvalue weighted by atomic mass is 10.0. The molecule has 0 aliphatic rings. The molecular formula is C17H17FO. The predicted octanol–water partition coefficient (Wildman–Crippen LogP) is 4.65. The highest BCUT2D eigenvalue weighted by Gasteiger charge is 2.04. The van der Waals surface area contributed by atoms with Crippen LogP contribution in [0.15, 0.2) is 42.5 Å². The molecule has 0 heterocycles. The number of aryl methyl sites for hydroxylation is 1. The third-order valence-electron chi connectivity index (χ3n) is 3.23. The minimum Gasteiger partial charge on any atom is -0.298 e. The number of halogens is 1. The number of hydrogen-bond donors (Lipinski definition) is 0. The fourth-order valence-electron chi connectivity index (χ4n) is 2.05. The first-order valence-corrected chi connectivity index (χ1v) is 6.58. The zero-order valence-electron chi connectivity index (χ0n) is 11.0. The molecule has 19 heavy (non-hydrogen) atoms. The first-order chi connectivity index (χ1) is 9.24. The van der Waals surface area contributed by atoms with Crippen LogP contribution in [0.25, 0.3) is 11.1 Å². The summed E-state index contributed by atoms with van der Waals surface area (Å²) < 4.78 is 13.6. The van der Waals surface area contributed by atoms with Gasteiger partial charge in [-0.15, -0.1) is 0 Å². The van der Waals surface area contributed by atoms with E-state index >= 15 is 0 Å². The molecule has 0 saturated heterocycles. The molecule has 1 nitrogen and oxygen atoms in total. The summed E-state index contributed by atoms with van der Waals surface area (Å²) in [6.07, 6.45) is 3.98. The predicted molar refractivity (Wildman–Crippen MR) is 75.8 cm³/mol. The Labute approximate surface area is 113 Å². The maximum Gasteiger partial charge on any atom is 0.152 e. The summed E-state index contributed by atoms with van der Waals surface area (Å²) in [4.78, 5) is 10.6. The Hall–Kier alpha value is -1.96. The van der Waals surface area contributed by atoms with Crippen molar-refractivity contribution in [1.82, 2.24) is 0 Å². The van der Waals surface area contributed by atoms with E-state index in [-0.39, 0.29) is 5.56 Å². The van der Waals surface area contributed by atoms with Gasteiger partial charge in [-0.3, -0.25) is 4.79 Å². The van der Waals surface area contributed by atoms with Gasteiger partial charge < -0.3 is 0 Å². The zero-order valence-corrected chi connectivity index (χ0v) is 11.0. The molecule has 2 aromatic rings. The molecular weight excluding hydrogens is 239 g/mol. The number of benzene rings is 2. The van der Waals surface area contributed by atoms with Gasteiger partial charge in [0.05, 0.1) is 5.56 Å². The van der Waals surface area contributed by atoms with E-state index in [0.717, 1.165) is 17.5 Å². The highest BCUT2D eigenvalue weighted by Crippen LogP contribution is 2.22. The molecule has 0 aromatic heterocycles. The highest BCUT2D eigenvalue weighted by molar-refractivity contribution is 5.77. The van der Waals surface area contributed by atoms with Gasteiger partial charge in [-0.25, -0.2) is 4.39 Å². The average Bonchev–Trinajstić information content (AvgIpc) is 2.45. The Kier molecular flexibility index (Phi) is 4.45. The first-order valence-electron chi connectivity index (χ1n) is 6.58. The zero-order chi connectivity index (χ0) is 13.7. The summed E-state index contributed by atoms with van der Waals surface area (Å²) in [5.41, 5.74) is 3.17. The Bertz CT molecular complexity index is 558. The molecule has 0 amide bonds. The van der Waals surface area contributed by atoms with Gasteiger partial charge in [0.2, 0.25) is 0 Å². The van der Waals surface area contributed by atoms with E-state index in [0.29, 0.717) is 6.29 Å². The molecule has 0 aliphatic carbocycles. The van der Waals surface area contributed by atoms with Crippen LogP contribution in [-0.2, 0) is 6.42 Å². The van der Waals surface area contributed by atoms with Crippen LogP contribution in [0.5, 0.6) is 0 Å². The summed E-state index contributed by atoms with van der Waals surface area (Å²) in [5.74, 6) is -0.470. The summed E-state index contributed by atoms with van der Waals surface area (Å²) in [6, 6.07) is 12.9. The summed E-state index contributed by atoms with van der Waals surface area (Å²) >= 11 is 0. The van der Waals surface area contributed by atoms with E-state index in [9.17, 15) is 9.18 Å². The van der Waals surface area contributed by atoms with Gasteiger partial charge in [0.15, 0.2) is 6.29 Å². The van der Waals surface area contributed by atoms with Crippen LogP contribution in [0.3, 0.4) is 0 Å². The van der Waals surface area contributed by atoms with Crippen molar-refractivity contribution in [1.29, 1.82) is 0 Å². The van der Waals surface area contributed by atoms with Gasteiger partial charge in [-0.05, 0) is 41.7 Å². The average molecular weight is 256 g/mol. The molecule has 2 aromatic carbocycles. The van der Waals surface area contributed by atoms with Gasteiger partial charge in [-0.1, -0.05) is 43.7 Å². The lowest BCUT2D eigenvalue weighted by Crippen LogP contribution is -1.89. The Balaban J connectivity index is 2.22. The fraction of sp³-hybridized carbons (Fsp3) is 0.235. The molecule has 98 valence electrons. The van der Waals surface area contributed by atoms with Crippen molar-refractivity contribution in [2.24, 2.45) is 0 Å². The number of aldehydes is 1. The minimum atomic E-state index is -0.470. The number of rotatable bonds is 5. The third-order valence-corrected chi connectivity index (χ3v) is 3.23. The van der Waals surface area contributed by atoms with Crippen molar-refractivity contribution in [2.45, 2.75) is 26.2 Å². The molecule has 0 spiro atoms. The molecule has 0 aliphatic heterocycles. The van der Waals surface area contributed by atoms with Crippen LogP contribution in [0.2, 0.25) is 0 Å². The molecule has 2 heteroatoms. The van der Waals surface area contributed by atoms with Crippen LogP contribution in [0.4, 0.5) is 4.39 Å². The van der Waals surface area contributed by atoms with Crippen molar-refractivity contribution in [3.05, 3.63) is 59.4 Å². The van der Waals surface area contributed by atoms with Crippen LogP contribution in [-0.4, -0.2) is 6.29 Å². The van der Waals surface area contributed by atoms with E-state index in [4.69, 9.17) is 0 Å². The number of hydrogen-bond acceptors (Lipinski definition) is 1. The quantitative estimate of drug-likeness (QED) is 0.712. The summed E-state index contributed by atoms with van der Waals surface area (Å²) in [6.45, 7) is 2.17. The standard InChI is InChI=1S/C17H17FO/c1-2-3-4-13-5-7-14(8-6-13)15-9-10-16(12-19)17(18)11-15/h5-12H,2-4H2,1H3. The van der Waals surface area contributed by atoms with Gasteiger partial charge in [0.25, 0.3) is 0 Å². The Morgan fingerprint density at radius 2 is 1.74 bits per heavy atom. The molecule has 0 bridgehead atoms. The van der Waals surface area contributed by atoms with Crippen molar-refractivity contribution >= 4 is 6.29 Å². The summed E-state index contributed by atoms with van der Waals surface area (Å²) in [5, 5.41) is 0. The molecule has 0 unspecified atom stereocenters. The molecule has 0 fully saturated rings. The van der Waals surface area contributed by atoms with Crippen LogP contribution in [0.1, 0.15) is 35.7 Å². The van der Waals surface area contributed by atoms with Gasteiger partial charge in [0, 0.05) is 0 Å². The number of carbonyl (C=O) groups excluding carboxylic acids is 1. The van der Waals surface area contributed by atoms with Gasteiger partial charge >= 0.3 is 0 Å². The fourth-order valence-corrected chi connectivity index (χ4v) is 2.05. The van der Waals surface area contributed by atoms with E-state index in [1.807, 2.05) is 12.1 Å². The highest BCUT2D eigenvalue weighted by atomic mass is 19.1. The largest absolute Gasteiger partial charge is 0.298 e. The Morgan fingerprint density at radius 3 is 2.32 bits per heavy atom. The SMILES string of the molecule is CCCCc1ccc(-c2ccc(C=O)c(F)c2)cc1. The molecule has 0 radical (unpaired) electrons. The van der Waals surface area contributed by atoms with Crippen molar-refractivity contribution in [3.8, 4) is 11.1 Å². The van der Waals surface area contributed by atoms with Crippen LogP contribution >= 0.6 is 0 Å². The van der Waals surface area contributed by atoms with Gasteiger partial charge in [0.1, 0.15) is 5.82 Å². The van der Waals surface area contributed by atoms with Crippen molar-refractivity contribution in [2.75, 3.05) is 0 Å². The first kappa shape index (κ1) is 13.5. The van der Waals surface area contributed by atoms with E-state index in [1.54, 1.807) is 6.07 Å². The summed E-state index contributed by atoms with van der Waals surface area (Å²) in [7, 11) is 0. The van der Waals surface area contributed by atoms with Crippen LogP contribution < -0.4 is 0 Å². The lowest BCUT2D eigenvalue weighted by molar-refractivity contribution is 0.112. The van der Waals surface area contributed by atoms with Crippen LogP contribution in [0, 0.1) is 5.82 Å². The molecule has 0 saturated carbocycles. The Morgan fingerprint density at radius 1 is 1.05 bits per heavy atom. The van der Waals surface area contributed by atoms with Crippen molar-refractivity contribution < 1.29 is 9.18 Å². The second kappa shape index (κ2) is 6.28. The second-order valence-corrected chi connectivity index (χ2v) is 4.65. The molecule has 0 N–H and O–H groups in total. The lowest BCUT2D eigenvalue weighted by Gasteiger charge is -2.05. The van der Waals surface area contributed by atoms with Crippen molar-refractivity contribution in [3.63, 3.8) is 0 Å². The molecule has 0 atom stereocenters.